The van der Waals surface area contributed by atoms with Crippen LogP contribution in [0, 0.1) is 0 Å². The topological polar surface area (TPSA) is 125 Å². The second kappa shape index (κ2) is 4.94. The third kappa shape index (κ3) is 2.18. The van der Waals surface area contributed by atoms with Gasteiger partial charge < -0.3 is 15.9 Å². The molecule has 0 aliphatic carbocycles. The van der Waals surface area contributed by atoms with E-state index in [9.17, 15) is 8.42 Å². The van der Waals surface area contributed by atoms with E-state index in [4.69, 9.17) is 10.9 Å². The van der Waals surface area contributed by atoms with Crippen LogP contribution >= 0.6 is 0 Å². The maximum atomic E-state index is 12.3. The first kappa shape index (κ1) is 12.8. The molecule has 1 unspecified atom stereocenters. The Hall–Kier alpha value is -1.61. The second-order valence-corrected chi connectivity index (χ2v) is 5.93. The summed E-state index contributed by atoms with van der Waals surface area (Å²) in [6, 6.07) is -0.600. The number of H-pyrrole nitrogens is 1. The molecule has 1 fully saturated rings. The number of sulfonamides is 1. The van der Waals surface area contributed by atoms with Gasteiger partial charge in [0.05, 0.1) is 18.6 Å². The van der Waals surface area contributed by atoms with E-state index in [-0.39, 0.29) is 10.9 Å². The fourth-order valence-corrected chi connectivity index (χ4v) is 3.63. The number of piperidine rings is 1. The molecule has 18 heavy (non-hydrogen) atoms. The first-order valence-corrected chi connectivity index (χ1v) is 6.99. The van der Waals surface area contributed by atoms with Gasteiger partial charge in [0.1, 0.15) is 0 Å². The number of aromatic amines is 1. The van der Waals surface area contributed by atoms with Gasteiger partial charge in [-0.05, 0) is 12.8 Å². The van der Waals surface area contributed by atoms with Crippen molar-refractivity contribution in [2.24, 2.45) is 10.9 Å². The lowest BCUT2D eigenvalue weighted by molar-refractivity contribution is 0.280. The van der Waals surface area contributed by atoms with Crippen LogP contribution in [0.25, 0.3) is 0 Å². The van der Waals surface area contributed by atoms with E-state index in [0.29, 0.717) is 13.0 Å². The summed E-state index contributed by atoms with van der Waals surface area (Å²) in [6.45, 7) is 0.349. The van der Waals surface area contributed by atoms with Gasteiger partial charge >= 0.3 is 0 Å². The van der Waals surface area contributed by atoms with Gasteiger partial charge in [-0.15, -0.1) is 0 Å². The molecular weight excluding hydrogens is 258 g/mol. The third-order valence-corrected chi connectivity index (χ3v) is 4.80. The van der Waals surface area contributed by atoms with Crippen molar-refractivity contribution in [2.45, 2.75) is 30.3 Å². The van der Waals surface area contributed by atoms with Gasteiger partial charge in [0.2, 0.25) is 0 Å². The normalized spacial score (nSPS) is 23.1. The van der Waals surface area contributed by atoms with Crippen LogP contribution in [0.5, 0.6) is 0 Å². The van der Waals surface area contributed by atoms with Gasteiger partial charge in [-0.3, -0.25) is 0 Å². The van der Waals surface area contributed by atoms with Crippen molar-refractivity contribution in [3.63, 3.8) is 0 Å². The number of amidine groups is 1. The number of imidazole rings is 1. The van der Waals surface area contributed by atoms with E-state index in [1.54, 1.807) is 0 Å². The first-order chi connectivity index (χ1) is 8.57. The highest BCUT2D eigenvalue weighted by molar-refractivity contribution is 7.89. The molecule has 8 nitrogen and oxygen atoms in total. The van der Waals surface area contributed by atoms with Crippen molar-refractivity contribution < 1.29 is 13.6 Å². The molecule has 0 aromatic carbocycles. The molecule has 1 aliphatic heterocycles. The van der Waals surface area contributed by atoms with Crippen molar-refractivity contribution in [3.05, 3.63) is 12.5 Å². The van der Waals surface area contributed by atoms with E-state index >= 15 is 0 Å². The number of oxime groups is 1. The Morgan fingerprint density at radius 1 is 1.61 bits per heavy atom. The molecule has 1 saturated heterocycles. The number of nitrogens with one attached hydrogen (secondary N) is 1. The van der Waals surface area contributed by atoms with E-state index in [1.807, 2.05) is 0 Å². The molecule has 0 spiro atoms. The summed E-state index contributed by atoms with van der Waals surface area (Å²) in [4.78, 5) is 6.27. The molecule has 9 heteroatoms. The zero-order valence-corrected chi connectivity index (χ0v) is 10.5. The summed E-state index contributed by atoms with van der Waals surface area (Å²) in [6.07, 6.45) is 4.68. The largest absolute Gasteiger partial charge is 0.409 e. The molecule has 1 aromatic heterocycles. The highest BCUT2D eigenvalue weighted by atomic mass is 32.2. The minimum Gasteiger partial charge on any atom is -0.409 e. The third-order valence-electron chi connectivity index (χ3n) is 2.97. The van der Waals surface area contributed by atoms with Gasteiger partial charge in [0.15, 0.2) is 10.9 Å². The fourth-order valence-electron chi connectivity index (χ4n) is 2.07. The van der Waals surface area contributed by atoms with Crippen LogP contribution in [0.4, 0.5) is 0 Å². The summed E-state index contributed by atoms with van der Waals surface area (Å²) < 4.78 is 25.9. The van der Waals surface area contributed by atoms with Crippen LogP contribution in [0.2, 0.25) is 0 Å². The Bertz CT molecular complexity index is 524. The molecule has 4 N–H and O–H groups in total. The molecular formula is C9H15N5O3S. The summed E-state index contributed by atoms with van der Waals surface area (Å²) in [5, 5.41) is 11.7. The molecule has 1 atom stereocenters. The summed E-state index contributed by atoms with van der Waals surface area (Å²) in [5.74, 6) is -0.0854. The number of hydrogen-bond donors (Lipinski definition) is 3. The van der Waals surface area contributed by atoms with Crippen molar-refractivity contribution in [1.29, 1.82) is 0 Å². The van der Waals surface area contributed by atoms with E-state index < -0.39 is 16.1 Å². The van der Waals surface area contributed by atoms with Gasteiger partial charge in [-0.25, -0.2) is 13.4 Å². The molecule has 1 aromatic rings. The van der Waals surface area contributed by atoms with Crippen molar-refractivity contribution in [2.75, 3.05) is 6.54 Å². The zero-order valence-electron chi connectivity index (χ0n) is 9.65. The Balaban J connectivity index is 2.35. The quantitative estimate of drug-likeness (QED) is 0.302. The molecule has 0 radical (unpaired) electrons. The monoisotopic (exact) mass is 273 g/mol. The first-order valence-electron chi connectivity index (χ1n) is 5.55. The highest BCUT2D eigenvalue weighted by Gasteiger charge is 2.36. The van der Waals surface area contributed by atoms with Crippen molar-refractivity contribution in [1.82, 2.24) is 14.3 Å². The lowest BCUT2D eigenvalue weighted by atomic mass is 10.0. The lowest BCUT2D eigenvalue weighted by Gasteiger charge is -2.33. The van der Waals surface area contributed by atoms with Gasteiger partial charge in [-0.2, -0.15) is 4.31 Å². The predicted molar refractivity (Wildman–Crippen MR) is 63.5 cm³/mol. The predicted octanol–water partition coefficient (Wildman–Crippen LogP) is -0.301. The molecule has 0 amide bonds. The van der Waals surface area contributed by atoms with E-state index in [1.165, 1.54) is 16.8 Å². The molecule has 2 rings (SSSR count). The standard InChI is InChI=1S/C9H15N5O3S/c10-9(13-15)7-3-1-2-4-14(7)18(16,17)8-5-11-6-12-8/h5-7,15H,1-4H2,(H2,10,13)(H,11,12). The Morgan fingerprint density at radius 2 is 2.39 bits per heavy atom. The Kier molecular flexibility index (Phi) is 3.53. The minimum atomic E-state index is -3.68. The summed E-state index contributed by atoms with van der Waals surface area (Å²) in [7, 11) is -3.68. The number of rotatable bonds is 3. The number of aromatic nitrogens is 2. The molecule has 1 aliphatic rings. The SMILES string of the molecule is NC(=NO)C1CCCCN1S(=O)(=O)c1cnc[nH]1. The van der Waals surface area contributed by atoms with Crippen LogP contribution in [0.15, 0.2) is 22.7 Å². The average Bonchev–Trinajstić information content (AvgIpc) is 2.92. The van der Waals surface area contributed by atoms with Gasteiger partial charge in [0, 0.05) is 6.54 Å². The van der Waals surface area contributed by atoms with Crippen LogP contribution in [-0.4, -0.2) is 46.3 Å². The Labute approximate surface area is 105 Å². The van der Waals surface area contributed by atoms with Crippen molar-refractivity contribution in [3.8, 4) is 0 Å². The second-order valence-electron chi connectivity index (χ2n) is 4.07. The zero-order chi connectivity index (χ0) is 13.2. The van der Waals surface area contributed by atoms with Crippen molar-refractivity contribution >= 4 is 15.9 Å². The summed E-state index contributed by atoms with van der Waals surface area (Å²) in [5.41, 5.74) is 5.56. The number of nitrogens with zero attached hydrogens (tertiary/aromatic N) is 3. The molecule has 100 valence electrons. The number of hydrogen-bond acceptors (Lipinski definition) is 5. The molecule has 2 heterocycles. The van der Waals surface area contributed by atoms with E-state index in [2.05, 4.69) is 15.1 Å². The lowest BCUT2D eigenvalue weighted by Crippen LogP contribution is -2.50. The summed E-state index contributed by atoms with van der Waals surface area (Å²) >= 11 is 0. The van der Waals surface area contributed by atoms with Crippen LogP contribution < -0.4 is 5.73 Å². The van der Waals surface area contributed by atoms with Gasteiger partial charge in [0.25, 0.3) is 10.0 Å². The molecule has 0 bridgehead atoms. The Morgan fingerprint density at radius 3 is 3.00 bits per heavy atom. The average molecular weight is 273 g/mol. The van der Waals surface area contributed by atoms with Gasteiger partial charge in [-0.1, -0.05) is 11.6 Å². The van der Waals surface area contributed by atoms with Crippen LogP contribution in [-0.2, 0) is 10.0 Å². The number of nitrogens with two attached hydrogens (primary N) is 1. The highest BCUT2D eigenvalue weighted by Crippen LogP contribution is 2.24. The minimum absolute atomic E-state index is 0.0140. The molecule has 0 saturated carbocycles. The smallest absolute Gasteiger partial charge is 0.260 e. The maximum Gasteiger partial charge on any atom is 0.260 e. The van der Waals surface area contributed by atoms with Crippen LogP contribution in [0.3, 0.4) is 0 Å². The van der Waals surface area contributed by atoms with E-state index in [0.717, 1.165) is 12.8 Å². The maximum absolute atomic E-state index is 12.3. The van der Waals surface area contributed by atoms with Crippen LogP contribution in [0.1, 0.15) is 19.3 Å². The fraction of sp³-hybridized carbons (Fsp3) is 0.556.